The monoisotopic (exact) mass is 941 g/mol. The number of halogens is 7. The highest BCUT2D eigenvalue weighted by atomic mass is 35.5. The van der Waals surface area contributed by atoms with Crippen LogP contribution in [0.25, 0.3) is 22.0 Å². The van der Waals surface area contributed by atoms with E-state index in [1.807, 2.05) is 0 Å². The molecule has 4 atom stereocenters. The molecule has 0 radical (unpaired) electrons. The first kappa shape index (κ1) is 45.9. The van der Waals surface area contributed by atoms with E-state index in [0.29, 0.717) is 28.1 Å². The number of fused-ring (bicyclic) bond motifs is 2. The first-order valence-corrected chi connectivity index (χ1v) is 22.0. The van der Waals surface area contributed by atoms with Crippen LogP contribution in [-0.4, -0.2) is 75.1 Å². The zero-order valence-corrected chi connectivity index (χ0v) is 37.0. The van der Waals surface area contributed by atoms with Crippen molar-refractivity contribution in [2.75, 3.05) is 11.9 Å². The van der Waals surface area contributed by atoms with E-state index < -0.39 is 92.8 Å². The molecule has 342 valence electrons. The third kappa shape index (κ3) is 9.28. The summed E-state index contributed by atoms with van der Waals surface area (Å²) in [4.78, 5) is 18.8. The molecule has 2 unspecified atom stereocenters. The molecule has 0 saturated heterocycles. The zero-order valence-electron chi connectivity index (χ0n) is 35.4. The number of alkyl halides is 4. The van der Waals surface area contributed by atoms with E-state index in [9.17, 15) is 32.0 Å². The summed E-state index contributed by atoms with van der Waals surface area (Å²) in [6.45, 7) is 5.56. The summed E-state index contributed by atoms with van der Waals surface area (Å²) in [5, 5.41) is 39.3. The second-order valence-corrected chi connectivity index (χ2v) is 20.0. The van der Waals surface area contributed by atoms with Crippen molar-refractivity contribution in [1.82, 2.24) is 35.6 Å². The minimum atomic E-state index is -3.60. The molecule has 0 spiro atoms. The smallest absolute Gasteiger partial charge is 0.321 e. The molecule has 2 fully saturated rings. The largest absolute Gasteiger partial charge is 0.615 e. The zero-order chi connectivity index (χ0) is 46.9. The number of hydrogen-bond acceptors (Lipinski definition) is 11. The van der Waals surface area contributed by atoms with Crippen LogP contribution in [-0.2, 0) is 35.0 Å². The average molecular weight is 942 g/mol. The minimum absolute atomic E-state index is 0.0156. The first-order valence-electron chi connectivity index (χ1n) is 20.4. The quantitative estimate of drug-likeness (QED) is 0.0300. The van der Waals surface area contributed by atoms with Crippen molar-refractivity contribution in [1.29, 1.82) is 5.41 Å². The SMILES string of the molecule is Cn1nc(Nc2nnc(C(C)(C)O)o2)c2c(Cl)ccc(-c3ccc(C#CC(C)(C)[S+]([O-])C4CC4)nc3C(Cc3cc(F)cc(F)c3)NC(=O)CNC3=C(C(=N)C(F)F)[C@H]4C[C@H]4C3(F)F)c21. The number of carbonyl (C=O) groups is 1. The number of amides is 1. The molecule has 3 aromatic heterocycles. The van der Waals surface area contributed by atoms with Gasteiger partial charge in [-0.2, -0.15) is 13.9 Å². The van der Waals surface area contributed by atoms with Gasteiger partial charge in [-0.15, -0.1) is 5.10 Å². The number of pyridine rings is 1. The maximum absolute atomic E-state index is 15.4. The van der Waals surface area contributed by atoms with Crippen molar-refractivity contribution in [3.8, 4) is 23.0 Å². The number of benzene rings is 2. The lowest BCUT2D eigenvalue weighted by atomic mass is 9.93. The van der Waals surface area contributed by atoms with Crippen molar-refractivity contribution in [2.45, 2.75) is 87.4 Å². The Morgan fingerprint density at radius 2 is 1.80 bits per heavy atom. The molecule has 0 aliphatic heterocycles. The third-order valence-electron chi connectivity index (χ3n) is 11.3. The van der Waals surface area contributed by atoms with Gasteiger partial charge in [0.25, 0.3) is 12.3 Å². The normalized spacial score (nSPS) is 18.9. The van der Waals surface area contributed by atoms with Gasteiger partial charge in [0.2, 0.25) is 11.8 Å². The van der Waals surface area contributed by atoms with Gasteiger partial charge in [0.15, 0.2) is 10.6 Å². The van der Waals surface area contributed by atoms with Crippen molar-refractivity contribution < 1.29 is 45.2 Å². The maximum Gasteiger partial charge on any atom is 0.321 e. The fourth-order valence-electron chi connectivity index (χ4n) is 8.03. The lowest BCUT2D eigenvalue weighted by Crippen LogP contribution is -2.41. The topological polar surface area (TPSA) is 190 Å². The predicted octanol–water partition coefficient (Wildman–Crippen LogP) is 7.78. The fraction of sp³-hybridized carbons (Fsp3) is 0.409. The summed E-state index contributed by atoms with van der Waals surface area (Å²) in [7, 11) is 1.62. The number of aryl methyl sites for hydroxylation is 1. The Balaban J connectivity index is 1.23. The summed E-state index contributed by atoms with van der Waals surface area (Å²) in [5.41, 5.74) is -2.65. The highest BCUT2D eigenvalue weighted by Gasteiger charge is 2.66. The molecule has 3 aliphatic carbocycles. The number of nitrogens with zero attached hydrogens (tertiary/aromatic N) is 5. The van der Waals surface area contributed by atoms with Crippen LogP contribution in [0.4, 0.5) is 38.2 Å². The van der Waals surface area contributed by atoms with E-state index in [0.717, 1.165) is 25.0 Å². The number of anilines is 2. The molecule has 5 N–H and O–H groups in total. The molecule has 5 aromatic rings. The van der Waals surface area contributed by atoms with Crippen molar-refractivity contribution in [3.05, 3.63) is 93.2 Å². The van der Waals surface area contributed by atoms with Crippen LogP contribution in [0.15, 0.2) is 58.2 Å². The van der Waals surface area contributed by atoms with E-state index >= 15 is 8.78 Å². The molecular formula is C44H42ClF6N9O4S. The second-order valence-electron chi connectivity index (χ2n) is 17.3. The number of nitrogens with one attached hydrogen (secondary N) is 4. The summed E-state index contributed by atoms with van der Waals surface area (Å²) >= 11 is 5.52. The molecule has 2 aromatic carbocycles. The standard InChI is InChI=1S/C44H42ClF6N9O4S/c1-42(2,65(63)24-7-8-24)13-12-23-6-9-25(26-10-11-29(45)33-36(26)60(5)59-39(33)56-41-58-57-40(64-41)43(3,4)62)35(54-23)30(16-20-14-21(46)17-22(47)15-20)55-31(61)19-53-37-32(34(52)38(48)49)27-18-28(27)44(37,50)51/h6,9-11,14-15,17,24,27-28,30,38,52-53,62H,7-8,16,18-19H2,1-5H3,(H,55,61)(H,56,58,59)/t27-,28+,30?,65?/m0/s1. The fourth-order valence-corrected chi connectivity index (χ4v) is 9.82. The molecule has 3 heterocycles. The van der Waals surface area contributed by atoms with Crippen LogP contribution < -0.4 is 16.0 Å². The van der Waals surface area contributed by atoms with Gasteiger partial charge in [-0.1, -0.05) is 22.8 Å². The molecular weight excluding hydrogens is 900 g/mol. The highest BCUT2D eigenvalue weighted by Crippen LogP contribution is 2.62. The van der Waals surface area contributed by atoms with Gasteiger partial charge in [-0.25, -0.2) is 22.5 Å². The third-order valence-corrected chi connectivity index (χ3v) is 13.8. The molecule has 13 nitrogen and oxygen atoms in total. The van der Waals surface area contributed by atoms with E-state index in [1.54, 1.807) is 45.2 Å². The van der Waals surface area contributed by atoms with E-state index in [-0.39, 0.29) is 57.8 Å². The van der Waals surface area contributed by atoms with E-state index in [4.69, 9.17) is 26.4 Å². The summed E-state index contributed by atoms with van der Waals surface area (Å²) in [6, 6.07) is 7.86. The lowest BCUT2D eigenvalue weighted by molar-refractivity contribution is -0.121. The van der Waals surface area contributed by atoms with Gasteiger partial charge in [-0.3, -0.25) is 20.2 Å². The highest BCUT2D eigenvalue weighted by molar-refractivity contribution is 7.93. The molecule has 65 heavy (non-hydrogen) atoms. The first-order chi connectivity index (χ1) is 30.5. The van der Waals surface area contributed by atoms with Crippen LogP contribution in [0.2, 0.25) is 5.02 Å². The Morgan fingerprint density at radius 1 is 1.11 bits per heavy atom. The van der Waals surface area contributed by atoms with Crippen LogP contribution in [0.3, 0.4) is 0 Å². The molecule has 3 aliphatic rings. The predicted molar refractivity (Wildman–Crippen MR) is 230 cm³/mol. The molecule has 8 rings (SSSR count). The second kappa shape index (κ2) is 17.0. The van der Waals surface area contributed by atoms with Crippen LogP contribution in [0, 0.1) is 40.7 Å². The van der Waals surface area contributed by atoms with Crippen LogP contribution >= 0.6 is 11.6 Å². The van der Waals surface area contributed by atoms with Crippen LogP contribution in [0.1, 0.15) is 75.8 Å². The van der Waals surface area contributed by atoms with Crippen molar-refractivity contribution in [3.63, 3.8) is 0 Å². The lowest BCUT2D eigenvalue weighted by Gasteiger charge is -2.24. The van der Waals surface area contributed by atoms with Crippen LogP contribution in [0.5, 0.6) is 0 Å². The molecule has 2 saturated carbocycles. The number of carbonyl (C=O) groups excluding carboxylic acids is 1. The Labute approximate surface area is 376 Å². The molecule has 0 bridgehead atoms. The van der Waals surface area contributed by atoms with Gasteiger partial charge >= 0.3 is 6.01 Å². The Bertz CT molecular complexity index is 2810. The van der Waals surface area contributed by atoms with Gasteiger partial charge in [-0.05, 0) is 118 Å². The van der Waals surface area contributed by atoms with Gasteiger partial charge in [0, 0.05) is 35.7 Å². The number of aromatic nitrogens is 5. The van der Waals surface area contributed by atoms with E-state index in [2.05, 4.69) is 43.1 Å². The Kier molecular flexibility index (Phi) is 12.0. The number of rotatable bonds is 15. The summed E-state index contributed by atoms with van der Waals surface area (Å²) in [5.74, 6) is -2.43. The van der Waals surface area contributed by atoms with Gasteiger partial charge in [0.05, 0.1) is 39.9 Å². The Hall–Kier alpha value is -5.62. The number of hydrogen-bond donors (Lipinski definition) is 5. The summed E-state index contributed by atoms with van der Waals surface area (Å²) in [6.07, 6.45) is -2.08. The minimum Gasteiger partial charge on any atom is -0.615 e. The average Bonchev–Trinajstić information content (AvgIpc) is 4.14. The molecule has 21 heteroatoms. The van der Waals surface area contributed by atoms with Crippen molar-refractivity contribution in [2.24, 2.45) is 18.9 Å². The van der Waals surface area contributed by atoms with Gasteiger partial charge < -0.3 is 24.7 Å². The van der Waals surface area contributed by atoms with Crippen molar-refractivity contribution >= 4 is 57.1 Å². The van der Waals surface area contributed by atoms with E-state index in [1.165, 1.54) is 18.5 Å². The Morgan fingerprint density at radius 3 is 2.45 bits per heavy atom. The maximum atomic E-state index is 15.4. The summed E-state index contributed by atoms with van der Waals surface area (Å²) < 4.78 is 107. The number of aliphatic hydroxyl groups is 1. The molecule has 1 amide bonds. The number of allylic oxidation sites excluding steroid dienone is 2. The van der Waals surface area contributed by atoms with Gasteiger partial charge in [0.1, 0.15) is 33.9 Å².